The number of hydrogen-bond donors (Lipinski definition) is 0. The molecule has 4 atom stereocenters. The number of carbonyl (C=O) groups excluding carboxylic acids is 2. The van der Waals surface area contributed by atoms with E-state index in [0.29, 0.717) is 5.76 Å². The number of ether oxygens (including phenoxy) is 1. The number of hydrogen-bond acceptors (Lipinski definition) is 4. The van der Waals surface area contributed by atoms with Crippen molar-refractivity contribution in [2.45, 2.75) is 60.0 Å². The second kappa shape index (κ2) is 5.91. The lowest BCUT2D eigenvalue weighted by atomic mass is 9.58. The van der Waals surface area contributed by atoms with E-state index in [9.17, 15) is 9.59 Å². The minimum Gasteiger partial charge on any atom is -0.460 e. The maximum Gasteiger partial charge on any atom is 0.309 e. The highest BCUT2D eigenvalue weighted by Gasteiger charge is 2.55. The van der Waals surface area contributed by atoms with Crippen LogP contribution in [-0.2, 0) is 9.53 Å². The summed E-state index contributed by atoms with van der Waals surface area (Å²) in [5, 5.41) is 0. The average molecular weight is 330 g/mol. The average Bonchev–Trinajstić information content (AvgIpc) is 2.94. The van der Waals surface area contributed by atoms with Crippen LogP contribution in [0.3, 0.4) is 0 Å². The van der Waals surface area contributed by atoms with Crippen molar-refractivity contribution >= 4 is 11.8 Å². The van der Waals surface area contributed by atoms with E-state index in [1.54, 1.807) is 6.26 Å². The number of aryl methyl sites for hydroxylation is 1. The summed E-state index contributed by atoms with van der Waals surface area (Å²) in [5.74, 6) is 0.170. The molecule has 0 N–H and O–H groups in total. The van der Waals surface area contributed by atoms with E-state index in [0.717, 1.165) is 36.0 Å². The molecule has 0 bridgehead atoms. The molecule has 2 aliphatic carbocycles. The first kappa shape index (κ1) is 17.0. The molecule has 0 fully saturated rings. The van der Waals surface area contributed by atoms with Crippen molar-refractivity contribution in [3.8, 4) is 0 Å². The van der Waals surface area contributed by atoms with E-state index in [-0.39, 0.29) is 23.6 Å². The molecule has 130 valence electrons. The minimum atomic E-state index is -0.500. The molecule has 1 aromatic heterocycles. The largest absolute Gasteiger partial charge is 0.460 e. The number of rotatable bonds is 3. The zero-order valence-electron chi connectivity index (χ0n) is 15.1. The predicted molar refractivity (Wildman–Crippen MR) is 90.7 cm³/mol. The minimum absolute atomic E-state index is 0.0528. The van der Waals surface area contributed by atoms with Gasteiger partial charge in [-0.25, -0.2) is 0 Å². The molecule has 4 heteroatoms. The van der Waals surface area contributed by atoms with Crippen LogP contribution in [-0.4, -0.2) is 11.8 Å². The van der Waals surface area contributed by atoms with Gasteiger partial charge in [0.25, 0.3) is 0 Å². The Bertz CT molecular complexity index is 711. The van der Waals surface area contributed by atoms with Gasteiger partial charge < -0.3 is 9.15 Å². The summed E-state index contributed by atoms with van der Waals surface area (Å²) in [6.45, 7) is 9.96. The van der Waals surface area contributed by atoms with Gasteiger partial charge in [-0.3, -0.25) is 9.59 Å². The van der Waals surface area contributed by atoms with Gasteiger partial charge in [0.15, 0.2) is 5.76 Å². The molecule has 1 heterocycles. The Balaban J connectivity index is 2.15. The zero-order chi connectivity index (χ0) is 17.6. The van der Waals surface area contributed by atoms with Crippen LogP contribution >= 0.6 is 0 Å². The first-order valence-electron chi connectivity index (χ1n) is 8.86. The van der Waals surface area contributed by atoms with Crippen molar-refractivity contribution in [2.24, 2.45) is 17.3 Å². The topological polar surface area (TPSA) is 56.5 Å². The maximum absolute atomic E-state index is 12.9. The van der Waals surface area contributed by atoms with Crippen LogP contribution in [0.2, 0.25) is 0 Å². The molecule has 0 saturated heterocycles. The maximum atomic E-state index is 12.9. The lowest BCUT2D eigenvalue weighted by molar-refractivity contribution is -0.162. The SMILES string of the molecule is CC[C@@H](C)C(=O)O[C@H]1c2c(C)coc2C(=O)C2=CCC[C@H](C)[C@]21C. The number of carbonyl (C=O) groups is 2. The van der Waals surface area contributed by atoms with Gasteiger partial charge in [0.05, 0.1) is 12.2 Å². The van der Waals surface area contributed by atoms with Crippen molar-refractivity contribution in [3.05, 3.63) is 34.8 Å². The highest BCUT2D eigenvalue weighted by Crippen LogP contribution is 2.57. The van der Waals surface area contributed by atoms with Crippen molar-refractivity contribution in [1.82, 2.24) is 0 Å². The van der Waals surface area contributed by atoms with Gasteiger partial charge >= 0.3 is 5.97 Å². The molecular formula is C20H26O4. The number of fused-ring (bicyclic) bond motifs is 2. The molecule has 0 aromatic carbocycles. The van der Waals surface area contributed by atoms with Gasteiger partial charge in [-0.1, -0.05) is 33.8 Å². The van der Waals surface area contributed by atoms with Gasteiger partial charge in [-0.15, -0.1) is 0 Å². The van der Waals surface area contributed by atoms with Crippen LogP contribution in [0.25, 0.3) is 0 Å². The summed E-state index contributed by atoms with van der Waals surface area (Å²) in [6.07, 6.45) is 5.73. The highest BCUT2D eigenvalue weighted by atomic mass is 16.5. The molecule has 0 saturated carbocycles. The monoisotopic (exact) mass is 330 g/mol. The molecule has 0 amide bonds. The quantitative estimate of drug-likeness (QED) is 0.749. The second-order valence-corrected chi connectivity index (χ2v) is 7.50. The highest BCUT2D eigenvalue weighted by molar-refractivity contribution is 6.10. The third-order valence-electron chi connectivity index (χ3n) is 6.08. The van der Waals surface area contributed by atoms with Crippen LogP contribution in [0, 0.1) is 24.2 Å². The van der Waals surface area contributed by atoms with Gasteiger partial charge in [-0.05, 0) is 37.7 Å². The molecule has 0 unspecified atom stereocenters. The van der Waals surface area contributed by atoms with E-state index < -0.39 is 11.5 Å². The van der Waals surface area contributed by atoms with Gasteiger partial charge in [-0.2, -0.15) is 0 Å². The number of furan rings is 1. The second-order valence-electron chi connectivity index (χ2n) is 7.50. The Hall–Kier alpha value is -1.84. The number of Topliss-reactive ketones (excluding diaryl/α,β-unsaturated/α-hetero) is 1. The van der Waals surface area contributed by atoms with Crippen molar-refractivity contribution in [2.75, 3.05) is 0 Å². The number of allylic oxidation sites excluding steroid dienone is 1. The lowest BCUT2D eigenvalue weighted by Crippen LogP contribution is -2.45. The van der Waals surface area contributed by atoms with Gasteiger partial charge in [0, 0.05) is 16.6 Å². The Labute approximate surface area is 143 Å². The van der Waals surface area contributed by atoms with Crippen LogP contribution in [0.15, 0.2) is 22.3 Å². The van der Waals surface area contributed by atoms with Crippen LogP contribution in [0.4, 0.5) is 0 Å². The lowest BCUT2D eigenvalue weighted by Gasteiger charge is -2.47. The smallest absolute Gasteiger partial charge is 0.309 e. The standard InChI is InChI=1S/C20H26O4/c1-6-11(2)19(22)24-18-15-12(3)10-23-17(15)16(21)14-9-7-8-13(4)20(14,18)5/h9-11,13,18H,6-8H2,1-5H3/t11-,13+,18+,20-/m1/s1. The van der Waals surface area contributed by atoms with E-state index in [1.165, 1.54) is 0 Å². The third-order valence-corrected chi connectivity index (χ3v) is 6.08. The van der Waals surface area contributed by atoms with Crippen molar-refractivity contribution in [3.63, 3.8) is 0 Å². The fraction of sp³-hybridized carbons (Fsp3) is 0.600. The summed E-state index contributed by atoms with van der Waals surface area (Å²) in [7, 11) is 0. The van der Waals surface area contributed by atoms with Crippen molar-refractivity contribution < 1.29 is 18.7 Å². The summed E-state index contributed by atoms with van der Waals surface area (Å²) in [5.41, 5.74) is 1.87. The fourth-order valence-corrected chi connectivity index (χ4v) is 3.96. The van der Waals surface area contributed by atoms with E-state index >= 15 is 0 Å². The van der Waals surface area contributed by atoms with Gasteiger partial charge in [0.2, 0.25) is 5.78 Å². The Morgan fingerprint density at radius 1 is 1.50 bits per heavy atom. The molecule has 0 spiro atoms. The molecule has 0 radical (unpaired) electrons. The molecule has 2 aliphatic rings. The van der Waals surface area contributed by atoms with Crippen LogP contribution in [0.1, 0.15) is 74.7 Å². The molecule has 3 rings (SSSR count). The Kier molecular flexibility index (Phi) is 4.18. The molecule has 4 nitrogen and oxygen atoms in total. The van der Waals surface area contributed by atoms with Crippen LogP contribution in [0.5, 0.6) is 0 Å². The van der Waals surface area contributed by atoms with E-state index in [2.05, 4.69) is 13.8 Å². The summed E-state index contributed by atoms with van der Waals surface area (Å²) >= 11 is 0. The number of ketones is 1. The molecule has 0 aliphatic heterocycles. The summed E-state index contributed by atoms with van der Waals surface area (Å²) in [6, 6.07) is 0. The summed E-state index contributed by atoms with van der Waals surface area (Å²) in [4.78, 5) is 25.5. The zero-order valence-corrected chi connectivity index (χ0v) is 15.1. The summed E-state index contributed by atoms with van der Waals surface area (Å²) < 4.78 is 11.6. The molecule has 1 aromatic rings. The first-order valence-corrected chi connectivity index (χ1v) is 8.86. The molecule has 24 heavy (non-hydrogen) atoms. The van der Waals surface area contributed by atoms with E-state index in [1.807, 2.05) is 26.8 Å². The number of esters is 1. The third kappa shape index (κ3) is 2.27. The fourth-order valence-electron chi connectivity index (χ4n) is 3.96. The Morgan fingerprint density at radius 3 is 2.88 bits per heavy atom. The normalized spacial score (nSPS) is 30.2. The Morgan fingerprint density at radius 2 is 2.21 bits per heavy atom. The van der Waals surface area contributed by atoms with E-state index in [4.69, 9.17) is 9.15 Å². The van der Waals surface area contributed by atoms with Crippen molar-refractivity contribution in [1.29, 1.82) is 0 Å². The first-order chi connectivity index (χ1) is 11.3. The van der Waals surface area contributed by atoms with Crippen LogP contribution < -0.4 is 0 Å². The predicted octanol–water partition coefficient (Wildman–Crippen LogP) is 4.78. The van der Waals surface area contributed by atoms with Gasteiger partial charge in [0.1, 0.15) is 6.10 Å². The molecular weight excluding hydrogens is 304 g/mol.